The molecule has 0 unspecified atom stereocenters. The molecule has 1 fully saturated rings. The number of piperidine rings is 1. The molecule has 0 amide bonds. The molecule has 0 atom stereocenters. The second kappa shape index (κ2) is 6.31. The number of phenolic OH excluding ortho intramolecular Hbond substituents is 1. The number of hydrogen-bond donors (Lipinski definition) is 2. The Morgan fingerprint density at radius 1 is 1.27 bits per heavy atom. The Hall–Kier alpha value is -1.52. The van der Waals surface area contributed by atoms with Crippen molar-refractivity contribution in [3.05, 3.63) is 38.7 Å². The number of rotatable bonds is 3. The standard InChI is InChI=1S/C17H20ClNO3/c1-2-11-8-15(20)22-17-12(11)9-14(18)16(21)13(17)10-19-6-4-3-5-7-19/h8-9,21H,2-7,10H2,1H3/p+1. The third kappa shape index (κ3) is 2.85. The van der Waals surface area contributed by atoms with Gasteiger partial charge in [-0.25, -0.2) is 4.79 Å². The van der Waals surface area contributed by atoms with Gasteiger partial charge in [0.25, 0.3) is 0 Å². The lowest BCUT2D eigenvalue weighted by Crippen LogP contribution is -3.11. The molecule has 1 aliphatic rings. The van der Waals surface area contributed by atoms with Crippen LogP contribution in [-0.4, -0.2) is 18.2 Å². The first-order valence-electron chi connectivity index (χ1n) is 7.90. The van der Waals surface area contributed by atoms with Crippen molar-refractivity contribution in [1.29, 1.82) is 0 Å². The minimum Gasteiger partial charge on any atom is -0.506 e. The number of fused-ring (bicyclic) bond motifs is 1. The fourth-order valence-corrected chi connectivity index (χ4v) is 3.54. The first-order valence-corrected chi connectivity index (χ1v) is 8.28. The maximum Gasteiger partial charge on any atom is 0.336 e. The maximum atomic E-state index is 11.8. The molecule has 3 rings (SSSR count). The highest BCUT2D eigenvalue weighted by Gasteiger charge is 2.22. The predicted molar refractivity (Wildman–Crippen MR) is 86.8 cm³/mol. The lowest BCUT2D eigenvalue weighted by atomic mass is 10.0. The van der Waals surface area contributed by atoms with Crippen LogP contribution in [0.15, 0.2) is 21.3 Å². The molecular weight excluding hydrogens is 302 g/mol. The molecule has 0 bridgehead atoms. The van der Waals surface area contributed by atoms with Crippen LogP contribution in [0.25, 0.3) is 11.0 Å². The zero-order valence-corrected chi connectivity index (χ0v) is 13.5. The summed E-state index contributed by atoms with van der Waals surface area (Å²) in [4.78, 5) is 13.2. The van der Waals surface area contributed by atoms with Gasteiger partial charge in [0.2, 0.25) is 0 Å². The molecule has 1 saturated heterocycles. The molecule has 22 heavy (non-hydrogen) atoms. The van der Waals surface area contributed by atoms with Gasteiger partial charge in [-0.1, -0.05) is 18.5 Å². The second-order valence-corrected chi connectivity index (χ2v) is 6.40. The van der Waals surface area contributed by atoms with E-state index in [0.29, 0.717) is 22.7 Å². The molecule has 118 valence electrons. The van der Waals surface area contributed by atoms with Gasteiger partial charge in [-0.15, -0.1) is 0 Å². The van der Waals surface area contributed by atoms with Gasteiger partial charge < -0.3 is 14.4 Å². The van der Waals surface area contributed by atoms with Crippen LogP contribution in [0.5, 0.6) is 5.75 Å². The van der Waals surface area contributed by atoms with E-state index in [4.69, 9.17) is 16.0 Å². The lowest BCUT2D eigenvalue weighted by Gasteiger charge is -2.24. The van der Waals surface area contributed by atoms with Crippen LogP contribution >= 0.6 is 11.6 Å². The van der Waals surface area contributed by atoms with E-state index >= 15 is 0 Å². The van der Waals surface area contributed by atoms with E-state index in [2.05, 4.69) is 0 Å². The van der Waals surface area contributed by atoms with Gasteiger partial charge in [-0.3, -0.25) is 0 Å². The molecule has 2 aromatic rings. The summed E-state index contributed by atoms with van der Waals surface area (Å²) < 4.78 is 5.43. The summed E-state index contributed by atoms with van der Waals surface area (Å²) in [5, 5.41) is 11.5. The Balaban J connectivity index is 2.15. The third-order valence-electron chi connectivity index (χ3n) is 4.51. The van der Waals surface area contributed by atoms with Crippen molar-refractivity contribution >= 4 is 22.6 Å². The molecule has 1 aliphatic heterocycles. The average molecular weight is 323 g/mol. The number of aromatic hydroxyl groups is 1. The Bertz CT molecular complexity index is 748. The Kier molecular flexibility index (Phi) is 4.41. The number of likely N-dealkylation sites (tertiary alicyclic amines) is 1. The van der Waals surface area contributed by atoms with Crippen molar-refractivity contribution in [3.63, 3.8) is 0 Å². The van der Waals surface area contributed by atoms with Gasteiger partial charge >= 0.3 is 5.63 Å². The summed E-state index contributed by atoms with van der Waals surface area (Å²) in [6, 6.07) is 3.20. The fraction of sp³-hybridized carbons (Fsp3) is 0.471. The van der Waals surface area contributed by atoms with E-state index in [1.165, 1.54) is 30.2 Å². The summed E-state index contributed by atoms with van der Waals surface area (Å²) in [7, 11) is 0. The van der Waals surface area contributed by atoms with Crippen molar-refractivity contribution in [1.82, 2.24) is 0 Å². The largest absolute Gasteiger partial charge is 0.506 e. The predicted octanol–water partition coefficient (Wildman–Crippen LogP) is 2.28. The van der Waals surface area contributed by atoms with Crippen LogP contribution in [-0.2, 0) is 13.0 Å². The van der Waals surface area contributed by atoms with Crippen molar-refractivity contribution in [2.24, 2.45) is 0 Å². The van der Waals surface area contributed by atoms with E-state index in [1.54, 1.807) is 6.07 Å². The SMILES string of the molecule is CCc1cc(=O)oc2c(C[NH+]3CCCCC3)c(O)c(Cl)cc12. The Morgan fingerprint density at radius 2 is 2.00 bits per heavy atom. The quantitative estimate of drug-likeness (QED) is 0.852. The summed E-state index contributed by atoms with van der Waals surface area (Å²) >= 11 is 6.20. The van der Waals surface area contributed by atoms with E-state index < -0.39 is 0 Å². The maximum absolute atomic E-state index is 11.8. The Labute approximate surface area is 134 Å². The summed E-state index contributed by atoms with van der Waals surface area (Å²) in [5.41, 5.74) is 1.68. The molecule has 2 heterocycles. The molecule has 0 radical (unpaired) electrons. The van der Waals surface area contributed by atoms with Crippen LogP contribution in [0.2, 0.25) is 5.02 Å². The first-order chi connectivity index (χ1) is 10.6. The van der Waals surface area contributed by atoms with Crippen molar-refractivity contribution in [3.8, 4) is 5.75 Å². The zero-order valence-electron chi connectivity index (χ0n) is 12.7. The highest BCUT2D eigenvalue weighted by atomic mass is 35.5. The van der Waals surface area contributed by atoms with Gasteiger partial charge in [-0.05, 0) is 37.3 Å². The molecular formula is C17H21ClNO3+. The van der Waals surface area contributed by atoms with E-state index in [-0.39, 0.29) is 11.4 Å². The molecule has 1 aromatic carbocycles. The van der Waals surface area contributed by atoms with Crippen molar-refractivity contribution < 1.29 is 14.4 Å². The summed E-state index contributed by atoms with van der Waals surface area (Å²) in [6.07, 6.45) is 4.37. The highest BCUT2D eigenvalue weighted by Crippen LogP contribution is 2.35. The molecule has 4 nitrogen and oxygen atoms in total. The zero-order chi connectivity index (χ0) is 15.7. The number of benzene rings is 1. The van der Waals surface area contributed by atoms with Crippen LogP contribution in [0.4, 0.5) is 0 Å². The summed E-state index contributed by atoms with van der Waals surface area (Å²) in [5.74, 6) is 0.0450. The van der Waals surface area contributed by atoms with E-state index in [9.17, 15) is 9.90 Å². The molecule has 0 spiro atoms. The smallest absolute Gasteiger partial charge is 0.336 e. The topological polar surface area (TPSA) is 54.9 Å². The van der Waals surface area contributed by atoms with Crippen LogP contribution < -0.4 is 10.5 Å². The van der Waals surface area contributed by atoms with Gasteiger partial charge in [0.15, 0.2) is 5.58 Å². The van der Waals surface area contributed by atoms with Crippen molar-refractivity contribution in [2.45, 2.75) is 39.2 Å². The highest BCUT2D eigenvalue weighted by molar-refractivity contribution is 6.33. The Morgan fingerprint density at radius 3 is 2.68 bits per heavy atom. The molecule has 5 heteroatoms. The average Bonchev–Trinajstić information content (AvgIpc) is 2.53. The van der Waals surface area contributed by atoms with Gasteiger partial charge in [0, 0.05) is 11.5 Å². The summed E-state index contributed by atoms with van der Waals surface area (Å²) in [6.45, 7) is 4.78. The number of aryl methyl sites for hydroxylation is 1. The first kappa shape index (κ1) is 15.4. The van der Waals surface area contributed by atoms with Crippen LogP contribution in [0.3, 0.4) is 0 Å². The van der Waals surface area contributed by atoms with Crippen LogP contribution in [0.1, 0.15) is 37.3 Å². The number of quaternary nitrogens is 1. The molecule has 0 saturated carbocycles. The van der Waals surface area contributed by atoms with E-state index in [0.717, 1.165) is 30.5 Å². The second-order valence-electron chi connectivity index (χ2n) is 5.99. The normalized spacial score (nSPS) is 16.3. The van der Waals surface area contributed by atoms with Crippen LogP contribution in [0, 0.1) is 0 Å². The van der Waals surface area contributed by atoms with Gasteiger partial charge in [0.1, 0.15) is 12.3 Å². The molecule has 2 N–H and O–H groups in total. The molecule has 1 aromatic heterocycles. The number of nitrogens with one attached hydrogen (secondary N) is 1. The monoisotopic (exact) mass is 322 g/mol. The van der Waals surface area contributed by atoms with Gasteiger partial charge in [0.05, 0.1) is 23.7 Å². The number of halogens is 1. The number of phenols is 1. The minimum absolute atomic E-state index is 0.0450. The molecule has 0 aliphatic carbocycles. The fourth-order valence-electron chi connectivity index (χ4n) is 3.32. The minimum atomic E-state index is -0.374. The van der Waals surface area contributed by atoms with E-state index in [1.807, 2.05) is 6.92 Å². The third-order valence-corrected chi connectivity index (χ3v) is 4.80. The lowest BCUT2D eigenvalue weighted by molar-refractivity contribution is -0.918. The van der Waals surface area contributed by atoms with Gasteiger partial charge in [-0.2, -0.15) is 0 Å². The van der Waals surface area contributed by atoms with Crippen molar-refractivity contribution in [2.75, 3.05) is 13.1 Å². The number of hydrogen-bond acceptors (Lipinski definition) is 3.